The number of aliphatic hydroxyl groups is 5. The second-order valence-corrected chi connectivity index (χ2v) is 21.6. The average Bonchev–Trinajstić information content (AvgIpc) is 3.80. The second-order valence-electron chi connectivity index (χ2n) is 16.4. The van der Waals surface area contributed by atoms with E-state index in [4.69, 9.17) is 19.9 Å². The Morgan fingerprint density at radius 2 is 1.69 bits per heavy atom. The summed E-state index contributed by atoms with van der Waals surface area (Å²) < 4.78 is 71.7. The SMILES string of the molecule is C[C@@H]1O[C@@H](OCCCCC[C@@H](O)CC(=O)SCCNC(=O)CCNC(=O)[C@H](O)C(C)(C)COP(=O)([O-])OP(=O)([O-])OC[C@H]2O[C@@H](n3cnc4c(N)ncnc43)[C@H](O)[C@@H]2OP(=O)([O-])[O-])[C@H](O)C[C@H]1O. The van der Waals surface area contributed by atoms with Gasteiger partial charge in [0.15, 0.2) is 29.1 Å². The molecule has 4 rings (SSSR count). The van der Waals surface area contributed by atoms with E-state index >= 15 is 0 Å². The summed E-state index contributed by atoms with van der Waals surface area (Å²) >= 11 is 0.915. The number of carbonyl (C=O) groups is 3. The molecule has 12 atom stereocenters. The predicted molar refractivity (Wildman–Crippen MR) is 224 cm³/mol. The number of carbonyl (C=O) groups excluding carboxylic acids is 3. The highest BCUT2D eigenvalue weighted by atomic mass is 32.2. The lowest BCUT2D eigenvalue weighted by Crippen LogP contribution is -2.47. The Kier molecular flexibility index (Phi) is 21.9. The number of nitrogens with one attached hydrogen (secondary N) is 2. The molecule has 2 fully saturated rings. The van der Waals surface area contributed by atoms with Gasteiger partial charge >= 0.3 is 0 Å². The first kappa shape index (κ1) is 57.9. The van der Waals surface area contributed by atoms with Crippen LogP contribution in [0.15, 0.2) is 12.7 Å². The minimum Gasteiger partial charge on any atom is -0.790 e. The summed E-state index contributed by atoms with van der Waals surface area (Å²) in [5.74, 6) is -1.47. The van der Waals surface area contributed by atoms with Gasteiger partial charge in [-0.05, 0) is 19.8 Å². The zero-order chi connectivity index (χ0) is 50.6. The van der Waals surface area contributed by atoms with E-state index in [1.165, 1.54) is 13.8 Å². The molecule has 0 bridgehead atoms. The van der Waals surface area contributed by atoms with Crippen molar-refractivity contribution in [2.75, 3.05) is 44.4 Å². The molecule has 4 heterocycles. The molecule has 0 saturated carbocycles. The number of imidazole rings is 1. The second kappa shape index (κ2) is 25.7. The van der Waals surface area contributed by atoms with Gasteiger partial charge in [-0.3, -0.25) is 28.1 Å². The van der Waals surface area contributed by atoms with Crippen LogP contribution in [0, 0.1) is 5.41 Å². The number of hydrogen-bond donors (Lipinski definition) is 8. The van der Waals surface area contributed by atoms with Gasteiger partial charge in [0.05, 0.1) is 45.7 Å². The highest BCUT2D eigenvalue weighted by Crippen LogP contribution is 2.56. The molecule has 2 unspecified atom stereocenters. The molecule has 2 saturated heterocycles. The molecule has 68 heavy (non-hydrogen) atoms. The number of phosphoric acid groups is 3. The van der Waals surface area contributed by atoms with Crippen LogP contribution in [-0.2, 0) is 60.2 Å². The molecule has 0 radical (unpaired) electrons. The zero-order valence-electron chi connectivity index (χ0n) is 36.9. The smallest absolute Gasteiger partial charge is 0.274 e. The van der Waals surface area contributed by atoms with Gasteiger partial charge in [0.1, 0.15) is 42.4 Å². The fourth-order valence-electron chi connectivity index (χ4n) is 6.58. The molecule has 2 aromatic heterocycles. The van der Waals surface area contributed by atoms with Crippen molar-refractivity contribution in [3.8, 4) is 0 Å². The predicted octanol–water partition coefficient (Wildman–Crippen LogP) is -3.68. The number of rotatable bonds is 28. The van der Waals surface area contributed by atoms with Gasteiger partial charge < -0.3 is 93.8 Å². The Morgan fingerprint density at radius 3 is 2.40 bits per heavy atom. The van der Waals surface area contributed by atoms with Gasteiger partial charge in [-0.25, -0.2) is 19.3 Å². The monoisotopic (exact) mass is 1050 g/mol. The largest absolute Gasteiger partial charge is 0.790 e. The van der Waals surface area contributed by atoms with E-state index in [-0.39, 0.29) is 60.2 Å². The van der Waals surface area contributed by atoms with E-state index < -0.39 is 115 Å². The molecule has 33 heteroatoms. The van der Waals surface area contributed by atoms with Crippen molar-refractivity contribution in [2.45, 2.75) is 127 Å². The summed E-state index contributed by atoms with van der Waals surface area (Å²) in [5, 5.41) is 55.9. The molecule has 0 spiro atoms. The first-order valence-corrected chi connectivity index (χ1v) is 26.3. The first-order chi connectivity index (χ1) is 31.7. The number of ether oxygens (including phenoxy) is 3. The lowest BCUT2D eigenvalue weighted by molar-refractivity contribution is -0.347. The van der Waals surface area contributed by atoms with Crippen molar-refractivity contribution in [1.29, 1.82) is 0 Å². The minimum absolute atomic E-state index is 0.0314. The van der Waals surface area contributed by atoms with Crippen molar-refractivity contribution >= 4 is 69.1 Å². The molecular formula is C35H56N7O22P3S-4. The molecule has 2 aliphatic rings. The third kappa shape index (κ3) is 18.2. The van der Waals surface area contributed by atoms with Crippen molar-refractivity contribution in [3.05, 3.63) is 12.7 Å². The summed E-state index contributed by atoms with van der Waals surface area (Å²) in [5.41, 5.74) is 4.01. The average molecular weight is 1050 g/mol. The van der Waals surface area contributed by atoms with Crippen molar-refractivity contribution in [2.24, 2.45) is 5.41 Å². The Balaban J connectivity index is 1.10. The fraction of sp³-hybridized carbons (Fsp3) is 0.771. The number of phosphoric ester groups is 3. The van der Waals surface area contributed by atoms with E-state index in [9.17, 15) is 73.2 Å². The van der Waals surface area contributed by atoms with Crippen LogP contribution in [0.5, 0.6) is 0 Å². The third-order valence-electron chi connectivity index (χ3n) is 10.3. The Labute approximate surface area is 393 Å². The molecule has 2 aromatic rings. The summed E-state index contributed by atoms with van der Waals surface area (Å²) in [6.45, 7) is 1.84. The van der Waals surface area contributed by atoms with Crippen LogP contribution in [0.25, 0.3) is 11.2 Å². The molecule has 388 valence electrons. The molecule has 2 amide bonds. The number of hydrogen-bond acceptors (Lipinski definition) is 27. The number of fused-ring (bicyclic) bond motifs is 1. The fourth-order valence-corrected chi connectivity index (χ4v) is 10.1. The Morgan fingerprint density at radius 1 is 0.985 bits per heavy atom. The van der Waals surface area contributed by atoms with Crippen molar-refractivity contribution in [3.63, 3.8) is 0 Å². The number of thioether (sulfide) groups is 1. The molecule has 0 aliphatic carbocycles. The Bertz CT molecular complexity index is 2140. The minimum atomic E-state index is -5.95. The summed E-state index contributed by atoms with van der Waals surface area (Å²) in [7, 11) is -17.7. The number of aromatic nitrogens is 4. The van der Waals surface area contributed by atoms with Gasteiger partial charge in [0, 0.05) is 50.1 Å². The van der Waals surface area contributed by atoms with Crippen LogP contribution in [0.3, 0.4) is 0 Å². The number of nitrogens with zero attached hydrogens (tertiary/aromatic N) is 4. The Hall–Kier alpha value is -2.64. The topological polar surface area (TPSA) is 454 Å². The number of amides is 2. The lowest BCUT2D eigenvalue weighted by Gasteiger charge is -2.36. The highest BCUT2D eigenvalue weighted by Gasteiger charge is 2.47. The van der Waals surface area contributed by atoms with E-state index in [0.717, 1.165) is 29.0 Å². The van der Waals surface area contributed by atoms with E-state index in [1.54, 1.807) is 6.92 Å². The van der Waals surface area contributed by atoms with Gasteiger partial charge in [-0.2, -0.15) is 0 Å². The molecular weight excluding hydrogens is 995 g/mol. The van der Waals surface area contributed by atoms with Gasteiger partial charge in [0.25, 0.3) is 15.6 Å². The van der Waals surface area contributed by atoms with Gasteiger partial charge in [-0.1, -0.05) is 38.5 Å². The summed E-state index contributed by atoms with van der Waals surface area (Å²) in [6, 6.07) is 0. The maximum absolute atomic E-state index is 12.6. The summed E-state index contributed by atoms with van der Waals surface area (Å²) in [6.07, 6.45) is -9.19. The zero-order valence-corrected chi connectivity index (χ0v) is 40.4. The standard InChI is InChI=1S/C35H60N7O22P3S/c1-19-21(44)14-22(45)34(61-19)58-11-6-4-5-7-20(43)13-25(47)68-12-10-37-24(46)8-9-38-32(50)29(49)35(2,3)16-60-67(56,57)64-66(54,55)59-15-23-28(63-65(51,52)53)27(48)33(62-23)42-18-41-26-30(36)39-17-40-31(26)42/h17-23,27-29,33-34,43-45,48-49H,4-16H2,1-3H3,(H,37,46)(H,38,50)(H,54,55)(H,56,57)(H2,36,39,40)(H2,51,52,53)/p-4/t19-,20+,21+,22+,23+,27+,28+,29-,33+,34+/m0/s1. The normalized spacial score (nSPS) is 26.2. The molecule has 29 nitrogen and oxygen atoms in total. The van der Waals surface area contributed by atoms with E-state index in [0.29, 0.717) is 32.3 Å². The molecule has 2 aliphatic heterocycles. The third-order valence-corrected chi connectivity index (χ3v) is 14.2. The highest BCUT2D eigenvalue weighted by molar-refractivity contribution is 8.13. The van der Waals surface area contributed by atoms with Crippen LogP contribution in [0.2, 0.25) is 0 Å². The van der Waals surface area contributed by atoms with Crippen molar-refractivity contribution in [1.82, 2.24) is 30.2 Å². The molecule has 0 aromatic carbocycles. The molecule has 9 N–H and O–H groups in total. The number of aliphatic hydroxyl groups excluding tert-OH is 5. The van der Waals surface area contributed by atoms with E-state index in [2.05, 4.69) is 43.5 Å². The van der Waals surface area contributed by atoms with E-state index in [1.807, 2.05) is 0 Å². The number of nitrogens with two attached hydrogens (primary N) is 1. The van der Waals surface area contributed by atoms with Crippen LogP contribution >= 0.6 is 35.2 Å². The lowest BCUT2D eigenvalue weighted by atomic mass is 9.87. The van der Waals surface area contributed by atoms with Gasteiger partial charge in [-0.15, -0.1) is 0 Å². The maximum Gasteiger partial charge on any atom is 0.274 e. The van der Waals surface area contributed by atoms with Crippen LogP contribution in [0.1, 0.15) is 71.9 Å². The number of anilines is 1. The first-order valence-electron chi connectivity index (χ1n) is 21.0. The van der Waals surface area contributed by atoms with Gasteiger partial charge in [0.2, 0.25) is 11.8 Å². The summed E-state index contributed by atoms with van der Waals surface area (Å²) in [4.78, 5) is 96.8. The number of nitrogen functional groups attached to an aromatic ring is 1. The quantitative estimate of drug-likeness (QED) is 0.0300. The van der Waals surface area contributed by atoms with Crippen molar-refractivity contribution < 1.29 is 105 Å². The maximum atomic E-state index is 12.6. The number of unbranched alkanes of at least 4 members (excludes halogenated alkanes) is 2. The van der Waals surface area contributed by atoms with Crippen LogP contribution in [0.4, 0.5) is 5.82 Å². The van der Waals surface area contributed by atoms with Crippen LogP contribution in [-0.4, -0.2) is 156 Å². The van der Waals surface area contributed by atoms with Crippen LogP contribution < -0.4 is 35.9 Å².